The van der Waals surface area contributed by atoms with E-state index in [0.717, 1.165) is 17.5 Å². The summed E-state index contributed by atoms with van der Waals surface area (Å²) >= 11 is 0. The molecule has 0 heterocycles. The van der Waals surface area contributed by atoms with Crippen LogP contribution in [-0.2, 0) is 16.0 Å². The summed E-state index contributed by atoms with van der Waals surface area (Å²) in [7, 11) is 1.48. The van der Waals surface area contributed by atoms with Crippen molar-refractivity contribution in [2.24, 2.45) is 0 Å². The number of aliphatic hydroxyl groups excluding tert-OH is 1. The van der Waals surface area contributed by atoms with Crippen LogP contribution < -0.4 is 15.4 Å². The highest BCUT2D eigenvalue weighted by Crippen LogP contribution is 2.27. The number of hydrogen-bond donors (Lipinski definition) is 5. The minimum Gasteiger partial charge on any atom is -0.504 e. The van der Waals surface area contributed by atoms with Crippen LogP contribution in [0.2, 0.25) is 0 Å². The minimum absolute atomic E-state index is 0.0613. The van der Waals surface area contributed by atoms with E-state index in [9.17, 15) is 24.9 Å². The Morgan fingerprint density at radius 1 is 1.11 bits per heavy atom. The smallest absolute Gasteiger partial charge is 0.305 e. The predicted molar refractivity (Wildman–Crippen MR) is 135 cm³/mol. The Hall–Kier alpha value is -3.10. The fourth-order valence-corrected chi connectivity index (χ4v) is 4.07. The van der Waals surface area contributed by atoms with Gasteiger partial charge in [0.15, 0.2) is 11.5 Å². The number of amides is 1. The lowest BCUT2D eigenvalue weighted by molar-refractivity contribution is -0.140. The molecule has 0 aliphatic heterocycles. The Bertz CT molecular complexity index is 937. The Morgan fingerprint density at radius 2 is 1.83 bits per heavy atom. The number of aliphatic carboxylic acids is 1. The Balaban J connectivity index is 1.87. The van der Waals surface area contributed by atoms with E-state index in [1.165, 1.54) is 7.11 Å². The molecule has 0 fully saturated rings. The van der Waals surface area contributed by atoms with Crippen LogP contribution >= 0.6 is 0 Å². The van der Waals surface area contributed by atoms with Gasteiger partial charge in [-0.15, -0.1) is 0 Å². The maximum atomic E-state index is 12.8. The lowest BCUT2D eigenvalue weighted by Crippen LogP contribution is -2.51. The van der Waals surface area contributed by atoms with Gasteiger partial charge in [0, 0.05) is 0 Å². The van der Waals surface area contributed by atoms with Gasteiger partial charge < -0.3 is 30.7 Å². The summed E-state index contributed by atoms with van der Waals surface area (Å²) in [5.74, 6) is -0.910. The standard InChI is InChI=1S/C27H38N2O6/c1-4-20(21-10-6-5-7-11-21)16-23(30)18(2)29-27(34)22(17-26(32)33)28-14-8-9-19-12-13-25(35-3)24(31)15-19/h5-7,10-13,15,18,20,22-23,28,30-31H,4,8-9,14,16-17H2,1-3H3,(H,29,34)(H,32,33)/t18-,20-,22+,23+/m1/s1. The Kier molecular flexibility index (Phi) is 11.5. The summed E-state index contributed by atoms with van der Waals surface area (Å²) in [6.45, 7) is 4.21. The van der Waals surface area contributed by atoms with Gasteiger partial charge in [-0.25, -0.2) is 0 Å². The molecule has 0 saturated carbocycles. The molecule has 0 bridgehead atoms. The van der Waals surface area contributed by atoms with Crippen molar-refractivity contribution in [1.29, 1.82) is 0 Å². The van der Waals surface area contributed by atoms with Crippen LogP contribution in [0.4, 0.5) is 0 Å². The third kappa shape index (κ3) is 9.22. The summed E-state index contributed by atoms with van der Waals surface area (Å²) in [5.41, 5.74) is 2.05. The van der Waals surface area contributed by atoms with Gasteiger partial charge in [0.25, 0.3) is 0 Å². The number of phenolic OH excluding ortho intramolecular Hbond substituents is 1. The van der Waals surface area contributed by atoms with Crippen molar-refractivity contribution < 1.29 is 29.6 Å². The molecule has 1 amide bonds. The maximum absolute atomic E-state index is 12.8. The number of carboxylic acids is 1. The first kappa shape index (κ1) is 28.1. The lowest BCUT2D eigenvalue weighted by atomic mass is 9.89. The number of aromatic hydroxyl groups is 1. The second kappa shape index (κ2) is 14.3. The number of benzene rings is 2. The number of nitrogens with one attached hydrogen (secondary N) is 2. The first-order valence-corrected chi connectivity index (χ1v) is 12.1. The molecule has 0 saturated heterocycles. The fraction of sp³-hybridized carbons (Fsp3) is 0.481. The van der Waals surface area contributed by atoms with Crippen molar-refractivity contribution in [3.05, 3.63) is 59.7 Å². The van der Waals surface area contributed by atoms with Gasteiger partial charge >= 0.3 is 5.97 Å². The van der Waals surface area contributed by atoms with Crippen molar-refractivity contribution in [3.8, 4) is 11.5 Å². The molecule has 2 rings (SSSR count). The molecule has 0 aromatic heterocycles. The van der Waals surface area contributed by atoms with E-state index in [0.29, 0.717) is 31.6 Å². The van der Waals surface area contributed by atoms with E-state index in [2.05, 4.69) is 17.6 Å². The van der Waals surface area contributed by atoms with Crippen LogP contribution in [0.25, 0.3) is 0 Å². The second-order valence-electron chi connectivity index (χ2n) is 8.83. The highest BCUT2D eigenvalue weighted by atomic mass is 16.5. The lowest BCUT2D eigenvalue weighted by Gasteiger charge is -2.26. The zero-order valence-corrected chi connectivity index (χ0v) is 20.7. The van der Waals surface area contributed by atoms with Crippen molar-refractivity contribution in [2.45, 2.75) is 70.1 Å². The zero-order valence-electron chi connectivity index (χ0n) is 20.7. The number of carbonyl (C=O) groups excluding carboxylic acids is 1. The van der Waals surface area contributed by atoms with Crippen molar-refractivity contribution >= 4 is 11.9 Å². The predicted octanol–water partition coefficient (Wildman–Crippen LogP) is 3.22. The molecule has 8 nitrogen and oxygen atoms in total. The van der Waals surface area contributed by atoms with E-state index in [-0.39, 0.29) is 18.1 Å². The number of phenols is 1. The first-order chi connectivity index (χ1) is 16.7. The molecule has 0 unspecified atom stereocenters. The van der Waals surface area contributed by atoms with Gasteiger partial charge in [-0.2, -0.15) is 0 Å². The average Bonchev–Trinajstić information content (AvgIpc) is 2.84. The molecule has 5 N–H and O–H groups in total. The monoisotopic (exact) mass is 486 g/mol. The molecule has 0 aliphatic carbocycles. The Morgan fingerprint density at radius 3 is 2.43 bits per heavy atom. The van der Waals surface area contributed by atoms with E-state index >= 15 is 0 Å². The molecular formula is C27H38N2O6. The largest absolute Gasteiger partial charge is 0.504 e. The van der Waals surface area contributed by atoms with Crippen molar-refractivity contribution in [1.82, 2.24) is 10.6 Å². The number of hydrogen-bond acceptors (Lipinski definition) is 6. The number of carbonyl (C=O) groups is 2. The van der Waals surface area contributed by atoms with Gasteiger partial charge in [0.2, 0.25) is 5.91 Å². The van der Waals surface area contributed by atoms with E-state index < -0.39 is 30.1 Å². The summed E-state index contributed by atoms with van der Waals surface area (Å²) < 4.78 is 5.04. The second-order valence-corrected chi connectivity index (χ2v) is 8.83. The van der Waals surface area contributed by atoms with Crippen molar-refractivity contribution in [2.75, 3.05) is 13.7 Å². The van der Waals surface area contributed by atoms with Crippen LogP contribution in [0, 0.1) is 0 Å². The number of aliphatic hydroxyl groups is 1. The molecule has 4 atom stereocenters. The number of methoxy groups -OCH3 is 1. The van der Waals surface area contributed by atoms with Crippen LogP contribution in [0.5, 0.6) is 11.5 Å². The summed E-state index contributed by atoms with van der Waals surface area (Å²) in [4.78, 5) is 24.1. The molecule has 0 radical (unpaired) electrons. The summed E-state index contributed by atoms with van der Waals surface area (Å²) in [6.07, 6.45) is 1.50. The highest BCUT2D eigenvalue weighted by molar-refractivity contribution is 5.86. The van der Waals surface area contributed by atoms with Crippen LogP contribution in [-0.4, -0.2) is 59.0 Å². The quantitative estimate of drug-likeness (QED) is 0.245. The molecular weight excluding hydrogens is 448 g/mol. The molecule has 0 spiro atoms. The minimum atomic E-state index is -1.08. The van der Waals surface area contributed by atoms with E-state index in [1.807, 2.05) is 36.4 Å². The summed E-state index contributed by atoms with van der Waals surface area (Å²) in [5, 5.41) is 35.7. The Labute approximate surface area is 207 Å². The zero-order chi connectivity index (χ0) is 25.8. The van der Waals surface area contributed by atoms with Crippen LogP contribution in [0.15, 0.2) is 48.5 Å². The summed E-state index contributed by atoms with van der Waals surface area (Å²) in [6, 6.07) is 13.7. The van der Waals surface area contributed by atoms with Gasteiger partial charge in [-0.1, -0.05) is 43.3 Å². The fourth-order valence-electron chi connectivity index (χ4n) is 4.07. The number of ether oxygens (including phenoxy) is 1. The molecule has 0 aliphatic rings. The average molecular weight is 487 g/mol. The molecule has 2 aromatic rings. The van der Waals surface area contributed by atoms with E-state index in [4.69, 9.17) is 4.74 Å². The third-order valence-corrected chi connectivity index (χ3v) is 6.21. The normalized spacial score (nSPS) is 14.5. The van der Waals surface area contributed by atoms with Gasteiger partial charge in [-0.3, -0.25) is 9.59 Å². The van der Waals surface area contributed by atoms with Crippen molar-refractivity contribution in [3.63, 3.8) is 0 Å². The molecule has 192 valence electrons. The number of carboxylic acid groups (broad SMARTS) is 1. The number of aryl methyl sites for hydroxylation is 1. The molecule has 8 heteroatoms. The maximum Gasteiger partial charge on any atom is 0.305 e. The van der Waals surface area contributed by atoms with Gasteiger partial charge in [0.1, 0.15) is 0 Å². The SMILES string of the molecule is CC[C@H](C[C@H](O)[C@@H](C)NC(=O)[C@H](CC(=O)O)NCCCc1ccc(OC)c(O)c1)c1ccccc1. The molecule has 2 aromatic carbocycles. The van der Waals surface area contributed by atoms with Gasteiger partial charge in [0.05, 0.1) is 31.7 Å². The third-order valence-electron chi connectivity index (χ3n) is 6.21. The van der Waals surface area contributed by atoms with Gasteiger partial charge in [-0.05, 0) is 68.3 Å². The highest BCUT2D eigenvalue weighted by Gasteiger charge is 2.26. The topological polar surface area (TPSA) is 128 Å². The first-order valence-electron chi connectivity index (χ1n) is 12.1. The van der Waals surface area contributed by atoms with Crippen LogP contribution in [0.3, 0.4) is 0 Å². The number of rotatable bonds is 15. The van der Waals surface area contributed by atoms with E-state index in [1.54, 1.807) is 19.1 Å². The molecule has 35 heavy (non-hydrogen) atoms. The van der Waals surface area contributed by atoms with Crippen LogP contribution in [0.1, 0.15) is 56.6 Å².